The van der Waals surface area contributed by atoms with Gasteiger partial charge in [-0.05, 0) is 25.4 Å². The first-order chi connectivity index (χ1) is 4.75. The molecule has 1 heterocycles. The molecule has 0 bridgehead atoms. The summed E-state index contributed by atoms with van der Waals surface area (Å²) in [5, 5.41) is 8.99. The highest BCUT2D eigenvalue weighted by atomic mass is 16.3. The largest absolute Gasteiger partial charge is 0.395 e. The van der Waals surface area contributed by atoms with Crippen LogP contribution in [0.2, 0.25) is 0 Å². The Bertz CT molecular complexity index is 99.4. The third-order valence-corrected chi connectivity index (χ3v) is 2.32. The van der Waals surface area contributed by atoms with Crippen LogP contribution in [0.4, 0.5) is 0 Å². The zero-order valence-corrected chi connectivity index (χ0v) is 6.88. The van der Waals surface area contributed by atoms with Gasteiger partial charge in [-0.3, -0.25) is 4.90 Å². The van der Waals surface area contributed by atoms with Crippen molar-refractivity contribution in [3.8, 4) is 0 Å². The number of rotatable bonds is 3. The third-order valence-electron chi connectivity index (χ3n) is 2.32. The number of aliphatic hydroxyl groups excluding tert-OH is 1. The summed E-state index contributed by atoms with van der Waals surface area (Å²) in [5.74, 6) is 0.588. The molecule has 0 aromatic heterocycles. The lowest BCUT2D eigenvalue weighted by Gasteiger charge is -2.39. The topological polar surface area (TPSA) is 23.5 Å². The van der Waals surface area contributed by atoms with E-state index in [1.807, 2.05) is 0 Å². The van der Waals surface area contributed by atoms with Crippen molar-refractivity contribution in [1.82, 2.24) is 4.90 Å². The maximum atomic E-state index is 8.99. The minimum absolute atomic E-state index is 0.317. The molecule has 0 aromatic rings. The van der Waals surface area contributed by atoms with Gasteiger partial charge in [0, 0.05) is 6.04 Å². The van der Waals surface area contributed by atoms with Gasteiger partial charge in [0.05, 0.1) is 6.61 Å². The van der Waals surface area contributed by atoms with E-state index in [1.54, 1.807) is 0 Å². The minimum Gasteiger partial charge on any atom is -0.395 e. The zero-order chi connectivity index (χ0) is 7.56. The first kappa shape index (κ1) is 8.02. The fraction of sp³-hybridized carbons (Fsp3) is 1.00. The molecule has 0 amide bonds. The van der Waals surface area contributed by atoms with Crippen molar-refractivity contribution in [2.45, 2.75) is 26.3 Å². The van der Waals surface area contributed by atoms with Gasteiger partial charge in [0.25, 0.3) is 0 Å². The van der Waals surface area contributed by atoms with Crippen molar-refractivity contribution in [3.05, 3.63) is 0 Å². The molecule has 10 heavy (non-hydrogen) atoms. The van der Waals surface area contributed by atoms with Crippen LogP contribution in [0.25, 0.3) is 0 Å². The molecule has 0 radical (unpaired) electrons. The Morgan fingerprint density at radius 2 is 2.00 bits per heavy atom. The Hall–Kier alpha value is -0.0800. The molecule has 1 aliphatic heterocycles. The SMILES string of the molecule is CC(C)[C@H](CO)N1CCC1. The molecular formula is C8H17NO. The molecule has 0 spiro atoms. The monoisotopic (exact) mass is 143 g/mol. The van der Waals surface area contributed by atoms with Crippen molar-refractivity contribution < 1.29 is 5.11 Å². The first-order valence-electron chi connectivity index (χ1n) is 4.10. The van der Waals surface area contributed by atoms with Crippen LogP contribution in [-0.2, 0) is 0 Å². The summed E-state index contributed by atoms with van der Waals surface area (Å²) in [7, 11) is 0. The Kier molecular flexibility index (Phi) is 2.69. The molecule has 1 fully saturated rings. The van der Waals surface area contributed by atoms with Crippen LogP contribution in [0.5, 0.6) is 0 Å². The molecule has 1 N–H and O–H groups in total. The smallest absolute Gasteiger partial charge is 0.0589 e. The maximum absolute atomic E-state index is 8.99. The first-order valence-corrected chi connectivity index (χ1v) is 4.10. The van der Waals surface area contributed by atoms with Crippen LogP contribution in [0.15, 0.2) is 0 Å². The Labute approximate surface area is 62.8 Å². The molecule has 1 aliphatic rings. The highest BCUT2D eigenvalue weighted by Gasteiger charge is 2.25. The van der Waals surface area contributed by atoms with E-state index in [1.165, 1.54) is 19.5 Å². The van der Waals surface area contributed by atoms with Crippen LogP contribution in [0.1, 0.15) is 20.3 Å². The molecule has 1 rings (SSSR count). The predicted octanol–water partition coefficient (Wildman–Crippen LogP) is 0.709. The average molecular weight is 143 g/mol. The Morgan fingerprint density at radius 3 is 2.10 bits per heavy atom. The number of likely N-dealkylation sites (tertiary alicyclic amines) is 1. The third kappa shape index (κ3) is 1.50. The molecule has 0 aliphatic carbocycles. The van der Waals surface area contributed by atoms with Gasteiger partial charge < -0.3 is 5.11 Å². The Morgan fingerprint density at radius 1 is 1.40 bits per heavy atom. The summed E-state index contributed by atoms with van der Waals surface area (Å²) in [4.78, 5) is 2.35. The van der Waals surface area contributed by atoms with Crippen LogP contribution in [0.3, 0.4) is 0 Å². The van der Waals surface area contributed by atoms with E-state index in [2.05, 4.69) is 18.7 Å². The van der Waals surface area contributed by atoms with E-state index < -0.39 is 0 Å². The summed E-state index contributed by atoms with van der Waals surface area (Å²) in [6.45, 7) is 7.02. The van der Waals surface area contributed by atoms with Crippen molar-refractivity contribution >= 4 is 0 Å². The van der Waals surface area contributed by atoms with Gasteiger partial charge in [-0.2, -0.15) is 0 Å². The van der Waals surface area contributed by atoms with Gasteiger partial charge in [0.2, 0.25) is 0 Å². The molecule has 0 saturated carbocycles. The highest BCUT2D eigenvalue weighted by molar-refractivity contribution is 4.79. The van der Waals surface area contributed by atoms with Crippen LogP contribution < -0.4 is 0 Å². The zero-order valence-electron chi connectivity index (χ0n) is 6.88. The van der Waals surface area contributed by atoms with E-state index in [0.717, 1.165) is 0 Å². The number of aliphatic hydroxyl groups is 1. The van der Waals surface area contributed by atoms with Crippen LogP contribution in [-0.4, -0.2) is 35.7 Å². The fourth-order valence-corrected chi connectivity index (χ4v) is 1.42. The molecule has 2 heteroatoms. The summed E-state index contributed by atoms with van der Waals surface area (Å²) in [6.07, 6.45) is 1.31. The number of nitrogens with zero attached hydrogens (tertiary/aromatic N) is 1. The van der Waals surface area contributed by atoms with Crippen molar-refractivity contribution in [3.63, 3.8) is 0 Å². The van der Waals surface area contributed by atoms with Gasteiger partial charge in [0.1, 0.15) is 0 Å². The summed E-state index contributed by atoms with van der Waals surface area (Å²) >= 11 is 0. The fourth-order valence-electron chi connectivity index (χ4n) is 1.42. The van der Waals surface area contributed by atoms with E-state index in [0.29, 0.717) is 18.6 Å². The molecule has 60 valence electrons. The lowest BCUT2D eigenvalue weighted by atomic mass is 10.00. The maximum Gasteiger partial charge on any atom is 0.0589 e. The second-order valence-corrected chi connectivity index (χ2v) is 3.38. The van der Waals surface area contributed by atoms with Gasteiger partial charge >= 0.3 is 0 Å². The average Bonchev–Trinajstić information content (AvgIpc) is 1.76. The number of hydrogen-bond acceptors (Lipinski definition) is 2. The summed E-state index contributed by atoms with van der Waals surface area (Å²) < 4.78 is 0. The van der Waals surface area contributed by atoms with E-state index in [4.69, 9.17) is 5.11 Å². The number of hydrogen-bond donors (Lipinski definition) is 1. The Balaban J connectivity index is 2.31. The lowest BCUT2D eigenvalue weighted by molar-refractivity contribution is 0.0452. The second kappa shape index (κ2) is 3.35. The molecule has 1 saturated heterocycles. The minimum atomic E-state index is 0.317. The molecule has 1 atom stereocenters. The molecular weight excluding hydrogens is 126 g/mol. The standard InChI is InChI=1S/C8H17NO/c1-7(2)8(6-10)9-4-3-5-9/h7-8,10H,3-6H2,1-2H3/t8-/m0/s1. The van der Waals surface area contributed by atoms with Crippen molar-refractivity contribution in [1.29, 1.82) is 0 Å². The summed E-state index contributed by atoms with van der Waals surface area (Å²) in [6, 6.07) is 0.411. The predicted molar refractivity (Wildman–Crippen MR) is 41.9 cm³/mol. The normalized spacial score (nSPS) is 22.8. The molecule has 0 unspecified atom stereocenters. The quantitative estimate of drug-likeness (QED) is 0.629. The second-order valence-electron chi connectivity index (χ2n) is 3.38. The molecule has 2 nitrogen and oxygen atoms in total. The lowest BCUT2D eigenvalue weighted by Crippen LogP contribution is -2.49. The van der Waals surface area contributed by atoms with Gasteiger partial charge in [-0.1, -0.05) is 13.8 Å². The van der Waals surface area contributed by atoms with Crippen molar-refractivity contribution in [2.24, 2.45) is 5.92 Å². The van der Waals surface area contributed by atoms with E-state index >= 15 is 0 Å². The highest BCUT2D eigenvalue weighted by Crippen LogP contribution is 2.16. The van der Waals surface area contributed by atoms with E-state index in [-0.39, 0.29) is 0 Å². The van der Waals surface area contributed by atoms with Gasteiger partial charge in [-0.15, -0.1) is 0 Å². The molecule has 0 aromatic carbocycles. The summed E-state index contributed by atoms with van der Waals surface area (Å²) in [5.41, 5.74) is 0. The van der Waals surface area contributed by atoms with Gasteiger partial charge in [0.15, 0.2) is 0 Å². The van der Waals surface area contributed by atoms with E-state index in [9.17, 15) is 0 Å². The van der Waals surface area contributed by atoms with Crippen LogP contribution >= 0.6 is 0 Å². The van der Waals surface area contributed by atoms with Crippen molar-refractivity contribution in [2.75, 3.05) is 19.7 Å². The van der Waals surface area contributed by atoms with Crippen LogP contribution in [0, 0.1) is 5.92 Å². The van der Waals surface area contributed by atoms with Gasteiger partial charge in [-0.25, -0.2) is 0 Å².